The van der Waals surface area contributed by atoms with Gasteiger partial charge < -0.3 is 14.6 Å². The van der Waals surface area contributed by atoms with Gasteiger partial charge in [-0.1, -0.05) is 164 Å². The number of ether oxygens (including phenoxy) is 2. The Morgan fingerprint density at radius 3 is 1.39 bits per heavy atom. The van der Waals surface area contributed by atoms with E-state index in [1.165, 1.54) is 89.9 Å². The Balaban J connectivity index is 3.71. The number of aliphatic hydroxyl groups excluding tert-OH is 1. The molecule has 5 heteroatoms. The molecule has 0 aromatic heterocycles. The zero-order valence-electron chi connectivity index (χ0n) is 29.8. The number of carbonyl (C=O) groups is 2. The lowest BCUT2D eigenvalue weighted by Gasteiger charge is -2.15. The standard InChI is InChI=1S/C41H70O5/c1-3-5-7-9-11-13-15-17-18-19-20-21-22-24-25-27-29-31-33-35-40(43)45-38-39(37-42)46-41(44)36-34-32-30-28-26-23-16-14-12-10-8-6-4-2/h11,13,17-18,20-21,24-25,29,31,39,42H,3-10,12,14-16,19,22-23,26-28,30,32-38H2,1-2H3. The first-order valence-electron chi connectivity index (χ1n) is 18.8. The fraction of sp³-hybridized carbons (Fsp3) is 0.707. The van der Waals surface area contributed by atoms with E-state index in [0.717, 1.165) is 44.9 Å². The minimum Gasteiger partial charge on any atom is -0.462 e. The van der Waals surface area contributed by atoms with Gasteiger partial charge in [-0.15, -0.1) is 0 Å². The average molecular weight is 643 g/mol. The average Bonchev–Trinajstić information content (AvgIpc) is 3.06. The molecule has 1 atom stereocenters. The van der Waals surface area contributed by atoms with Gasteiger partial charge in [0.1, 0.15) is 6.61 Å². The van der Waals surface area contributed by atoms with Crippen LogP contribution in [0.2, 0.25) is 0 Å². The molecule has 0 rings (SSSR count). The number of carbonyl (C=O) groups excluding carboxylic acids is 2. The number of aliphatic hydroxyl groups is 1. The van der Waals surface area contributed by atoms with Crippen LogP contribution in [0.3, 0.4) is 0 Å². The SMILES string of the molecule is CCCCCC=CCC=CCC=CCC=CCC=CCCC(=O)OCC(CO)OC(=O)CCCCCCCCCCCCCCC. The summed E-state index contributed by atoms with van der Waals surface area (Å²) in [6, 6.07) is 0. The van der Waals surface area contributed by atoms with Crippen LogP contribution in [-0.2, 0) is 19.1 Å². The number of hydrogen-bond acceptors (Lipinski definition) is 5. The van der Waals surface area contributed by atoms with E-state index in [0.29, 0.717) is 12.8 Å². The molecule has 0 aromatic carbocycles. The van der Waals surface area contributed by atoms with Crippen LogP contribution in [0.15, 0.2) is 60.8 Å². The molecule has 0 spiro atoms. The van der Waals surface area contributed by atoms with Crippen molar-refractivity contribution in [1.29, 1.82) is 0 Å². The summed E-state index contributed by atoms with van der Waals surface area (Å²) in [6.07, 6.45) is 47.1. The summed E-state index contributed by atoms with van der Waals surface area (Å²) in [7, 11) is 0. The van der Waals surface area contributed by atoms with Crippen molar-refractivity contribution in [3.8, 4) is 0 Å². The second-order valence-electron chi connectivity index (χ2n) is 12.3. The number of esters is 2. The molecule has 0 radical (unpaired) electrons. The lowest BCUT2D eigenvalue weighted by atomic mass is 10.0. The Morgan fingerprint density at radius 1 is 0.500 bits per heavy atom. The zero-order chi connectivity index (χ0) is 33.6. The minimum atomic E-state index is -0.800. The molecule has 5 nitrogen and oxygen atoms in total. The lowest BCUT2D eigenvalue weighted by molar-refractivity contribution is -0.161. The van der Waals surface area contributed by atoms with Gasteiger partial charge in [-0.2, -0.15) is 0 Å². The van der Waals surface area contributed by atoms with Crippen molar-refractivity contribution in [3.63, 3.8) is 0 Å². The molecule has 0 saturated carbocycles. The maximum absolute atomic E-state index is 12.1. The van der Waals surface area contributed by atoms with Crippen molar-refractivity contribution in [1.82, 2.24) is 0 Å². The van der Waals surface area contributed by atoms with Crippen LogP contribution in [0.4, 0.5) is 0 Å². The summed E-state index contributed by atoms with van der Waals surface area (Å²) in [6.45, 7) is 4.03. The van der Waals surface area contributed by atoms with Crippen LogP contribution < -0.4 is 0 Å². The van der Waals surface area contributed by atoms with Crippen molar-refractivity contribution in [2.24, 2.45) is 0 Å². The lowest BCUT2D eigenvalue weighted by Crippen LogP contribution is -2.28. The van der Waals surface area contributed by atoms with Crippen LogP contribution in [0.5, 0.6) is 0 Å². The van der Waals surface area contributed by atoms with Gasteiger partial charge >= 0.3 is 11.9 Å². The molecule has 0 bridgehead atoms. The van der Waals surface area contributed by atoms with Crippen LogP contribution in [-0.4, -0.2) is 36.4 Å². The molecule has 46 heavy (non-hydrogen) atoms. The fourth-order valence-electron chi connectivity index (χ4n) is 4.95. The first-order chi connectivity index (χ1) is 22.6. The van der Waals surface area contributed by atoms with Crippen molar-refractivity contribution < 1.29 is 24.2 Å². The predicted molar refractivity (Wildman–Crippen MR) is 196 cm³/mol. The maximum atomic E-state index is 12.1. The second-order valence-corrected chi connectivity index (χ2v) is 12.3. The van der Waals surface area contributed by atoms with Crippen LogP contribution in [0.25, 0.3) is 0 Å². The Morgan fingerprint density at radius 2 is 0.913 bits per heavy atom. The smallest absolute Gasteiger partial charge is 0.306 e. The van der Waals surface area contributed by atoms with Crippen molar-refractivity contribution in [2.45, 2.75) is 174 Å². The van der Waals surface area contributed by atoms with Crippen LogP contribution in [0, 0.1) is 0 Å². The minimum absolute atomic E-state index is 0.106. The number of unbranched alkanes of at least 4 members (excludes halogenated alkanes) is 15. The van der Waals surface area contributed by atoms with Gasteiger partial charge in [0.2, 0.25) is 0 Å². The van der Waals surface area contributed by atoms with Gasteiger partial charge in [0.25, 0.3) is 0 Å². The van der Waals surface area contributed by atoms with E-state index in [4.69, 9.17) is 9.47 Å². The van der Waals surface area contributed by atoms with E-state index < -0.39 is 6.10 Å². The third kappa shape index (κ3) is 34.5. The summed E-state index contributed by atoms with van der Waals surface area (Å²) in [5.41, 5.74) is 0. The third-order valence-electron chi connectivity index (χ3n) is 7.83. The summed E-state index contributed by atoms with van der Waals surface area (Å²) in [5, 5.41) is 9.52. The van der Waals surface area contributed by atoms with Crippen molar-refractivity contribution >= 4 is 11.9 Å². The summed E-state index contributed by atoms with van der Waals surface area (Å²) < 4.78 is 10.5. The maximum Gasteiger partial charge on any atom is 0.306 e. The molecule has 264 valence electrons. The van der Waals surface area contributed by atoms with E-state index >= 15 is 0 Å². The molecule has 0 aromatic rings. The number of allylic oxidation sites excluding steroid dienone is 10. The molecular formula is C41H70O5. The topological polar surface area (TPSA) is 72.8 Å². The summed E-state index contributed by atoms with van der Waals surface area (Å²) in [5.74, 6) is -0.689. The molecule has 0 amide bonds. The molecule has 0 aliphatic heterocycles. The molecule has 0 aliphatic carbocycles. The quantitative estimate of drug-likeness (QED) is 0.0438. The summed E-state index contributed by atoms with van der Waals surface area (Å²) >= 11 is 0. The molecule has 1 unspecified atom stereocenters. The van der Waals surface area contributed by atoms with Gasteiger partial charge in [0.05, 0.1) is 6.61 Å². The van der Waals surface area contributed by atoms with Crippen LogP contribution in [0.1, 0.15) is 168 Å². The van der Waals surface area contributed by atoms with Crippen molar-refractivity contribution in [2.75, 3.05) is 13.2 Å². The highest BCUT2D eigenvalue weighted by Crippen LogP contribution is 2.13. The van der Waals surface area contributed by atoms with Gasteiger partial charge in [-0.25, -0.2) is 0 Å². The Hall–Kier alpha value is -2.40. The van der Waals surface area contributed by atoms with E-state index in [1.54, 1.807) is 0 Å². The van der Waals surface area contributed by atoms with Crippen LogP contribution >= 0.6 is 0 Å². The number of hydrogen-bond donors (Lipinski definition) is 1. The zero-order valence-corrected chi connectivity index (χ0v) is 29.8. The van der Waals surface area contributed by atoms with E-state index in [9.17, 15) is 14.7 Å². The largest absolute Gasteiger partial charge is 0.462 e. The number of rotatable bonds is 33. The third-order valence-corrected chi connectivity index (χ3v) is 7.83. The highest BCUT2D eigenvalue weighted by molar-refractivity contribution is 5.70. The Labute approximate surface area is 283 Å². The molecule has 1 N–H and O–H groups in total. The Bertz CT molecular complexity index is 823. The second kappa shape index (κ2) is 37.1. The van der Waals surface area contributed by atoms with Gasteiger partial charge in [-0.3, -0.25) is 9.59 Å². The van der Waals surface area contributed by atoms with Gasteiger partial charge in [0.15, 0.2) is 6.10 Å². The predicted octanol–water partition coefficient (Wildman–Crippen LogP) is 11.6. The first-order valence-corrected chi connectivity index (χ1v) is 18.8. The highest BCUT2D eigenvalue weighted by atomic mass is 16.6. The Kier molecular flexibility index (Phi) is 35.1. The van der Waals surface area contributed by atoms with Gasteiger partial charge in [0, 0.05) is 12.8 Å². The highest BCUT2D eigenvalue weighted by Gasteiger charge is 2.15. The molecule has 0 aliphatic rings. The van der Waals surface area contributed by atoms with E-state index in [1.807, 2.05) is 12.2 Å². The molecule has 0 saturated heterocycles. The van der Waals surface area contributed by atoms with Crippen molar-refractivity contribution in [3.05, 3.63) is 60.8 Å². The first kappa shape index (κ1) is 43.6. The normalized spacial score (nSPS) is 12.8. The molecule has 0 heterocycles. The molecular weight excluding hydrogens is 572 g/mol. The van der Waals surface area contributed by atoms with E-state index in [2.05, 4.69) is 62.5 Å². The van der Waals surface area contributed by atoms with E-state index in [-0.39, 0.29) is 31.6 Å². The van der Waals surface area contributed by atoms with Gasteiger partial charge in [-0.05, 0) is 51.4 Å². The molecule has 0 fully saturated rings. The fourth-order valence-corrected chi connectivity index (χ4v) is 4.95. The summed E-state index contributed by atoms with van der Waals surface area (Å²) in [4.78, 5) is 24.2. The monoisotopic (exact) mass is 643 g/mol.